The number of aliphatic hydroxyl groups is 1. The zero-order valence-corrected chi connectivity index (χ0v) is 8.59. The molecular formula is C9H19NO2. The predicted molar refractivity (Wildman–Crippen MR) is 48.8 cm³/mol. The smallest absolute Gasteiger partial charge is 0.228 e. The quantitative estimate of drug-likeness (QED) is 0.673. The van der Waals surface area contributed by atoms with Gasteiger partial charge < -0.3 is 10.0 Å². The number of carbonyl (C=O) groups excluding carboxylic acids is 1. The number of aliphatic hydroxyl groups excluding tert-OH is 1. The molecule has 12 heavy (non-hydrogen) atoms. The van der Waals surface area contributed by atoms with Crippen LogP contribution in [0.15, 0.2) is 0 Å². The van der Waals surface area contributed by atoms with E-state index in [0.717, 1.165) is 0 Å². The number of amides is 1. The molecule has 0 saturated heterocycles. The monoisotopic (exact) mass is 173 g/mol. The standard InChI is InChI=1S/C9H19NO2/c1-7(6-11)10(5)8(12)9(2,3)4/h7,11H,6H2,1-5H3. The third-order valence-electron chi connectivity index (χ3n) is 1.89. The van der Waals surface area contributed by atoms with Crippen LogP contribution in [0.1, 0.15) is 27.7 Å². The summed E-state index contributed by atoms with van der Waals surface area (Å²) in [6, 6.07) is -0.100. The molecule has 0 bridgehead atoms. The van der Waals surface area contributed by atoms with Gasteiger partial charge in [0.1, 0.15) is 0 Å². The Balaban J connectivity index is 4.30. The maximum absolute atomic E-state index is 11.6. The van der Waals surface area contributed by atoms with Crippen molar-refractivity contribution in [1.82, 2.24) is 4.90 Å². The van der Waals surface area contributed by atoms with Crippen LogP contribution in [0.4, 0.5) is 0 Å². The number of hydrogen-bond acceptors (Lipinski definition) is 2. The third-order valence-corrected chi connectivity index (χ3v) is 1.89. The van der Waals surface area contributed by atoms with Crippen molar-refractivity contribution in [3.8, 4) is 0 Å². The molecule has 0 aliphatic heterocycles. The minimum absolute atomic E-state index is 0.0122. The van der Waals surface area contributed by atoms with E-state index >= 15 is 0 Å². The van der Waals surface area contributed by atoms with Crippen LogP contribution in [0.5, 0.6) is 0 Å². The Morgan fingerprint density at radius 3 is 2.17 bits per heavy atom. The average molecular weight is 173 g/mol. The van der Waals surface area contributed by atoms with E-state index in [1.807, 2.05) is 27.7 Å². The fourth-order valence-electron chi connectivity index (χ4n) is 0.852. The molecule has 0 rings (SSSR count). The van der Waals surface area contributed by atoms with Gasteiger partial charge >= 0.3 is 0 Å². The summed E-state index contributed by atoms with van der Waals surface area (Å²) in [6.07, 6.45) is 0. The van der Waals surface area contributed by atoms with Crippen LogP contribution < -0.4 is 0 Å². The van der Waals surface area contributed by atoms with Gasteiger partial charge in [-0.2, -0.15) is 0 Å². The topological polar surface area (TPSA) is 40.5 Å². The first-order chi connectivity index (χ1) is 5.30. The largest absolute Gasteiger partial charge is 0.394 e. The molecule has 3 heteroatoms. The molecule has 0 saturated carbocycles. The van der Waals surface area contributed by atoms with E-state index in [9.17, 15) is 4.79 Å². The molecule has 3 nitrogen and oxygen atoms in total. The molecule has 1 amide bonds. The zero-order chi connectivity index (χ0) is 9.94. The van der Waals surface area contributed by atoms with Crippen molar-refractivity contribution in [3.05, 3.63) is 0 Å². The molecule has 1 unspecified atom stereocenters. The second kappa shape index (κ2) is 3.90. The van der Waals surface area contributed by atoms with E-state index in [0.29, 0.717) is 0 Å². The highest BCUT2D eigenvalue weighted by Crippen LogP contribution is 2.17. The Morgan fingerprint density at radius 1 is 1.50 bits per heavy atom. The Labute approximate surface area is 74.4 Å². The molecule has 0 radical (unpaired) electrons. The lowest BCUT2D eigenvalue weighted by Crippen LogP contribution is -2.43. The summed E-state index contributed by atoms with van der Waals surface area (Å²) in [5.41, 5.74) is -0.363. The van der Waals surface area contributed by atoms with Crippen molar-refractivity contribution in [2.75, 3.05) is 13.7 Å². The van der Waals surface area contributed by atoms with Crippen LogP contribution in [0.3, 0.4) is 0 Å². The summed E-state index contributed by atoms with van der Waals surface area (Å²) >= 11 is 0. The first-order valence-electron chi connectivity index (χ1n) is 4.18. The van der Waals surface area contributed by atoms with Gasteiger partial charge in [0.05, 0.1) is 12.6 Å². The van der Waals surface area contributed by atoms with Crippen LogP contribution in [-0.2, 0) is 4.79 Å². The lowest BCUT2D eigenvalue weighted by atomic mass is 9.94. The van der Waals surface area contributed by atoms with Crippen molar-refractivity contribution >= 4 is 5.91 Å². The van der Waals surface area contributed by atoms with Crippen molar-refractivity contribution in [2.45, 2.75) is 33.7 Å². The molecule has 0 spiro atoms. The molecule has 0 heterocycles. The summed E-state index contributed by atoms with van der Waals surface area (Å²) in [7, 11) is 1.72. The maximum Gasteiger partial charge on any atom is 0.228 e. The highest BCUT2D eigenvalue weighted by atomic mass is 16.3. The molecule has 0 aromatic rings. The van der Waals surface area contributed by atoms with Gasteiger partial charge in [0.15, 0.2) is 0 Å². The Bertz CT molecular complexity index is 160. The van der Waals surface area contributed by atoms with E-state index < -0.39 is 0 Å². The molecule has 0 aromatic heterocycles. The third kappa shape index (κ3) is 2.81. The summed E-state index contributed by atoms with van der Waals surface area (Å²) in [4.78, 5) is 13.2. The second-order valence-corrected chi connectivity index (χ2v) is 4.20. The number of likely N-dealkylation sites (N-methyl/N-ethyl adjacent to an activating group) is 1. The Kier molecular flexibility index (Phi) is 3.71. The number of rotatable bonds is 2. The van der Waals surface area contributed by atoms with Crippen molar-refractivity contribution in [2.24, 2.45) is 5.41 Å². The summed E-state index contributed by atoms with van der Waals surface area (Å²) in [5, 5.41) is 8.83. The van der Waals surface area contributed by atoms with Gasteiger partial charge in [0.25, 0.3) is 0 Å². The highest BCUT2D eigenvalue weighted by molar-refractivity contribution is 5.81. The van der Waals surface area contributed by atoms with Crippen LogP contribution in [0.2, 0.25) is 0 Å². The van der Waals surface area contributed by atoms with Gasteiger partial charge in [-0.15, -0.1) is 0 Å². The molecule has 0 aliphatic rings. The Hall–Kier alpha value is -0.570. The molecule has 0 aliphatic carbocycles. The van der Waals surface area contributed by atoms with E-state index in [4.69, 9.17) is 5.11 Å². The normalized spacial score (nSPS) is 14.2. The SMILES string of the molecule is CC(CO)N(C)C(=O)C(C)(C)C. The molecule has 0 aromatic carbocycles. The zero-order valence-electron chi connectivity index (χ0n) is 8.59. The molecule has 1 atom stereocenters. The summed E-state index contributed by atoms with van der Waals surface area (Å²) in [5.74, 6) is 0.0593. The van der Waals surface area contributed by atoms with E-state index in [2.05, 4.69) is 0 Å². The number of nitrogens with zero attached hydrogens (tertiary/aromatic N) is 1. The molecular weight excluding hydrogens is 154 g/mol. The fourth-order valence-corrected chi connectivity index (χ4v) is 0.852. The summed E-state index contributed by atoms with van der Waals surface area (Å²) < 4.78 is 0. The fraction of sp³-hybridized carbons (Fsp3) is 0.889. The van der Waals surface area contributed by atoms with E-state index in [1.54, 1.807) is 11.9 Å². The Morgan fingerprint density at radius 2 is 1.92 bits per heavy atom. The van der Waals surface area contributed by atoms with Crippen molar-refractivity contribution < 1.29 is 9.90 Å². The first kappa shape index (κ1) is 11.4. The van der Waals surface area contributed by atoms with Crippen LogP contribution in [0, 0.1) is 5.41 Å². The molecule has 1 N–H and O–H groups in total. The second-order valence-electron chi connectivity index (χ2n) is 4.20. The number of hydrogen-bond donors (Lipinski definition) is 1. The van der Waals surface area contributed by atoms with Crippen LogP contribution >= 0.6 is 0 Å². The van der Waals surface area contributed by atoms with E-state index in [1.165, 1.54) is 0 Å². The van der Waals surface area contributed by atoms with Crippen molar-refractivity contribution in [3.63, 3.8) is 0 Å². The summed E-state index contributed by atoms with van der Waals surface area (Å²) in [6.45, 7) is 7.45. The van der Waals surface area contributed by atoms with E-state index in [-0.39, 0.29) is 24.0 Å². The van der Waals surface area contributed by atoms with Gasteiger partial charge in [0, 0.05) is 12.5 Å². The first-order valence-corrected chi connectivity index (χ1v) is 4.18. The van der Waals surface area contributed by atoms with Crippen LogP contribution in [-0.4, -0.2) is 35.6 Å². The van der Waals surface area contributed by atoms with Gasteiger partial charge in [-0.05, 0) is 6.92 Å². The van der Waals surface area contributed by atoms with Crippen molar-refractivity contribution in [1.29, 1.82) is 0 Å². The molecule has 0 fully saturated rings. The lowest BCUT2D eigenvalue weighted by Gasteiger charge is -2.29. The van der Waals surface area contributed by atoms with Crippen LogP contribution in [0.25, 0.3) is 0 Å². The maximum atomic E-state index is 11.6. The van der Waals surface area contributed by atoms with Gasteiger partial charge in [-0.25, -0.2) is 0 Å². The highest BCUT2D eigenvalue weighted by Gasteiger charge is 2.27. The molecule has 72 valence electrons. The number of carbonyl (C=O) groups is 1. The van der Waals surface area contributed by atoms with Gasteiger partial charge in [0.2, 0.25) is 5.91 Å². The predicted octanol–water partition coefficient (Wildman–Crippen LogP) is 0.872. The average Bonchev–Trinajstić information content (AvgIpc) is 1.98. The lowest BCUT2D eigenvalue weighted by molar-refractivity contribution is -0.140. The minimum Gasteiger partial charge on any atom is -0.394 e. The van der Waals surface area contributed by atoms with Gasteiger partial charge in [-0.3, -0.25) is 4.79 Å². The van der Waals surface area contributed by atoms with Gasteiger partial charge in [-0.1, -0.05) is 20.8 Å². The minimum atomic E-state index is -0.363.